The third-order valence-corrected chi connectivity index (χ3v) is 3.03. The van der Waals surface area contributed by atoms with Crippen LogP contribution in [0.15, 0.2) is 18.3 Å². The van der Waals surface area contributed by atoms with Gasteiger partial charge in [-0.25, -0.2) is 9.78 Å². The first kappa shape index (κ1) is 14.5. The van der Waals surface area contributed by atoms with Crippen molar-refractivity contribution in [3.63, 3.8) is 0 Å². The summed E-state index contributed by atoms with van der Waals surface area (Å²) in [4.78, 5) is 15.6. The minimum absolute atomic E-state index is 0.334. The number of nitrogens with zero attached hydrogens (tertiary/aromatic N) is 1. The van der Waals surface area contributed by atoms with Crippen molar-refractivity contribution in [2.45, 2.75) is 39.7 Å². The van der Waals surface area contributed by atoms with Crippen LogP contribution < -0.4 is 5.32 Å². The Hall–Kier alpha value is -1.58. The molecular weight excluding hydrogens is 228 g/mol. The minimum Gasteiger partial charge on any atom is -0.465 e. The predicted molar refractivity (Wildman–Crippen MR) is 72.7 cm³/mol. The molecule has 0 spiro atoms. The molecule has 0 aliphatic heterocycles. The van der Waals surface area contributed by atoms with Crippen LogP contribution in [-0.4, -0.2) is 24.1 Å². The fourth-order valence-corrected chi connectivity index (χ4v) is 1.84. The first-order valence-electron chi connectivity index (χ1n) is 6.37. The lowest BCUT2D eigenvalue weighted by molar-refractivity contribution is 0.0600. The molecule has 0 bridgehead atoms. The Morgan fingerprint density at radius 1 is 1.50 bits per heavy atom. The van der Waals surface area contributed by atoms with Crippen molar-refractivity contribution in [3.05, 3.63) is 23.9 Å². The van der Waals surface area contributed by atoms with Crippen LogP contribution in [0.4, 0.5) is 5.82 Å². The molecule has 1 N–H and O–H groups in total. The van der Waals surface area contributed by atoms with Crippen LogP contribution in [0.2, 0.25) is 0 Å². The highest BCUT2D eigenvalue weighted by Gasteiger charge is 2.10. The second-order valence-electron chi connectivity index (χ2n) is 4.72. The van der Waals surface area contributed by atoms with Crippen LogP contribution in [0.25, 0.3) is 0 Å². The molecule has 1 rings (SSSR count). The van der Waals surface area contributed by atoms with E-state index in [1.165, 1.54) is 13.5 Å². The van der Waals surface area contributed by atoms with Gasteiger partial charge in [-0.3, -0.25) is 0 Å². The Labute approximate surface area is 109 Å². The van der Waals surface area contributed by atoms with Crippen molar-refractivity contribution in [1.29, 1.82) is 0 Å². The molecule has 18 heavy (non-hydrogen) atoms. The molecule has 2 unspecified atom stereocenters. The van der Waals surface area contributed by atoms with E-state index in [1.807, 2.05) is 0 Å². The number of nitrogens with one attached hydrogen (secondary N) is 1. The van der Waals surface area contributed by atoms with Crippen molar-refractivity contribution < 1.29 is 9.53 Å². The standard InChI is InChI=1S/C14H22N2O2/c1-5-10(2)8-11(3)16-13-9-12(6-7-15-13)14(17)18-4/h6-7,9-11H,5,8H2,1-4H3,(H,15,16). The molecule has 0 radical (unpaired) electrons. The Morgan fingerprint density at radius 3 is 2.83 bits per heavy atom. The third-order valence-electron chi connectivity index (χ3n) is 3.03. The summed E-state index contributed by atoms with van der Waals surface area (Å²) in [6, 6.07) is 3.70. The van der Waals surface area contributed by atoms with Crippen molar-refractivity contribution in [3.8, 4) is 0 Å². The Kier molecular flexibility index (Phi) is 5.62. The predicted octanol–water partition coefficient (Wildman–Crippen LogP) is 3.10. The quantitative estimate of drug-likeness (QED) is 0.788. The smallest absolute Gasteiger partial charge is 0.338 e. The Balaban J connectivity index is 2.64. The zero-order valence-electron chi connectivity index (χ0n) is 11.6. The van der Waals surface area contributed by atoms with E-state index in [0.717, 1.165) is 6.42 Å². The number of esters is 1. The first-order valence-corrected chi connectivity index (χ1v) is 6.37. The highest BCUT2D eigenvalue weighted by Crippen LogP contribution is 2.14. The molecule has 0 saturated carbocycles. The maximum atomic E-state index is 11.4. The van der Waals surface area contributed by atoms with Crippen LogP contribution in [-0.2, 0) is 4.74 Å². The summed E-state index contributed by atoms with van der Waals surface area (Å²) in [5, 5.41) is 3.31. The molecular formula is C14H22N2O2. The molecule has 0 saturated heterocycles. The number of carbonyl (C=O) groups excluding carboxylic acids is 1. The maximum absolute atomic E-state index is 11.4. The monoisotopic (exact) mass is 250 g/mol. The molecule has 2 atom stereocenters. The zero-order chi connectivity index (χ0) is 13.5. The number of anilines is 1. The van der Waals surface area contributed by atoms with Gasteiger partial charge in [-0.05, 0) is 31.4 Å². The van der Waals surface area contributed by atoms with Crippen LogP contribution in [0.5, 0.6) is 0 Å². The van der Waals surface area contributed by atoms with E-state index in [-0.39, 0.29) is 5.97 Å². The van der Waals surface area contributed by atoms with Crippen molar-refractivity contribution in [2.24, 2.45) is 5.92 Å². The SMILES string of the molecule is CCC(C)CC(C)Nc1cc(C(=O)OC)ccn1. The molecule has 0 fully saturated rings. The van der Waals surface area contributed by atoms with E-state index in [9.17, 15) is 4.79 Å². The second-order valence-corrected chi connectivity index (χ2v) is 4.72. The lowest BCUT2D eigenvalue weighted by atomic mass is 10.0. The fraction of sp³-hybridized carbons (Fsp3) is 0.571. The molecule has 4 nitrogen and oxygen atoms in total. The molecule has 1 aromatic heterocycles. The topological polar surface area (TPSA) is 51.2 Å². The van der Waals surface area contributed by atoms with Gasteiger partial charge in [0.1, 0.15) is 5.82 Å². The van der Waals surface area contributed by atoms with Gasteiger partial charge in [0, 0.05) is 12.2 Å². The van der Waals surface area contributed by atoms with Crippen molar-refractivity contribution >= 4 is 11.8 Å². The summed E-state index contributed by atoms with van der Waals surface area (Å²) in [7, 11) is 1.38. The number of carbonyl (C=O) groups is 1. The Morgan fingerprint density at radius 2 is 2.22 bits per heavy atom. The lowest BCUT2D eigenvalue weighted by Crippen LogP contribution is -2.19. The second kappa shape index (κ2) is 6.99. The number of rotatable bonds is 6. The maximum Gasteiger partial charge on any atom is 0.338 e. The van der Waals surface area contributed by atoms with E-state index in [2.05, 4.69) is 35.8 Å². The molecule has 1 aromatic rings. The minimum atomic E-state index is -0.338. The van der Waals surface area contributed by atoms with Crippen LogP contribution in [0, 0.1) is 5.92 Å². The molecule has 4 heteroatoms. The highest BCUT2D eigenvalue weighted by atomic mass is 16.5. The average molecular weight is 250 g/mol. The first-order chi connectivity index (χ1) is 8.56. The largest absolute Gasteiger partial charge is 0.465 e. The van der Waals surface area contributed by atoms with Gasteiger partial charge in [-0.1, -0.05) is 20.3 Å². The summed E-state index contributed by atoms with van der Waals surface area (Å²) < 4.78 is 4.68. The number of hydrogen-bond acceptors (Lipinski definition) is 4. The number of pyridine rings is 1. The van der Waals surface area contributed by atoms with Gasteiger partial charge in [0.15, 0.2) is 0 Å². The van der Waals surface area contributed by atoms with E-state index in [0.29, 0.717) is 23.3 Å². The summed E-state index contributed by atoms with van der Waals surface area (Å²) in [5.74, 6) is 1.06. The van der Waals surface area contributed by atoms with Gasteiger partial charge in [-0.15, -0.1) is 0 Å². The van der Waals surface area contributed by atoms with Crippen LogP contribution in [0.1, 0.15) is 44.0 Å². The van der Waals surface area contributed by atoms with Gasteiger partial charge < -0.3 is 10.1 Å². The average Bonchev–Trinajstić information content (AvgIpc) is 2.37. The number of ether oxygens (including phenoxy) is 1. The van der Waals surface area contributed by atoms with Crippen LogP contribution in [0.3, 0.4) is 0 Å². The van der Waals surface area contributed by atoms with Crippen molar-refractivity contribution in [2.75, 3.05) is 12.4 Å². The van der Waals surface area contributed by atoms with E-state index < -0.39 is 0 Å². The van der Waals surface area contributed by atoms with Crippen LogP contribution >= 0.6 is 0 Å². The number of methoxy groups -OCH3 is 1. The Bertz CT molecular complexity index is 393. The summed E-state index contributed by atoms with van der Waals surface area (Å²) in [5.41, 5.74) is 0.519. The molecule has 100 valence electrons. The molecule has 0 aromatic carbocycles. The summed E-state index contributed by atoms with van der Waals surface area (Å²) in [6.45, 7) is 6.54. The number of aromatic nitrogens is 1. The van der Waals surface area contributed by atoms with Gasteiger partial charge in [0.2, 0.25) is 0 Å². The molecule has 1 heterocycles. The normalized spacial score (nSPS) is 13.8. The number of hydrogen-bond donors (Lipinski definition) is 1. The summed E-state index contributed by atoms with van der Waals surface area (Å²) in [6.07, 6.45) is 3.87. The van der Waals surface area contributed by atoms with Crippen molar-refractivity contribution in [1.82, 2.24) is 4.98 Å². The van der Waals surface area contributed by atoms with Gasteiger partial charge in [0.25, 0.3) is 0 Å². The molecule has 0 aliphatic carbocycles. The van der Waals surface area contributed by atoms with Gasteiger partial charge in [-0.2, -0.15) is 0 Å². The zero-order valence-corrected chi connectivity index (χ0v) is 11.6. The van der Waals surface area contributed by atoms with E-state index >= 15 is 0 Å². The lowest BCUT2D eigenvalue weighted by Gasteiger charge is -2.18. The highest BCUT2D eigenvalue weighted by molar-refractivity contribution is 5.89. The molecule has 0 aliphatic rings. The van der Waals surface area contributed by atoms with E-state index in [1.54, 1.807) is 18.3 Å². The van der Waals surface area contributed by atoms with E-state index in [4.69, 9.17) is 0 Å². The fourth-order valence-electron chi connectivity index (χ4n) is 1.84. The third kappa shape index (κ3) is 4.35. The molecule has 0 amide bonds. The van der Waals surface area contributed by atoms with Gasteiger partial charge >= 0.3 is 5.97 Å². The van der Waals surface area contributed by atoms with Gasteiger partial charge in [0.05, 0.1) is 12.7 Å². The summed E-state index contributed by atoms with van der Waals surface area (Å²) >= 11 is 0.